The zero-order valence-electron chi connectivity index (χ0n) is 15.2. The molecular formula is C23H18BrFO3. The van der Waals surface area contributed by atoms with Gasteiger partial charge in [-0.1, -0.05) is 40.2 Å². The molecule has 3 aromatic carbocycles. The van der Waals surface area contributed by atoms with E-state index in [4.69, 9.17) is 9.47 Å². The van der Waals surface area contributed by atoms with Crippen molar-refractivity contribution in [3.8, 4) is 11.5 Å². The molecule has 0 unspecified atom stereocenters. The van der Waals surface area contributed by atoms with E-state index in [1.165, 1.54) is 18.2 Å². The Labute approximate surface area is 171 Å². The second-order valence-corrected chi connectivity index (χ2v) is 6.94. The summed E-state index contributed by atoms with van der Waals surface area (Å²) < 4.78 is 25.0. The summed E-state index contributed by atoms with van der Waals surface area (Å²) in [5, 5.41) is 0. The Hall–Kier alpha value is -2.92. The quantitative estimate of drug-likeness (QED) is 0.330. The van der Waals surface area contributed by atoms with E-state index in [1.807, 2.05) is 30.3 Å². The predicted molar refractivity (Wildman–Crippen MR) is 111 cm³/mol. The Morgan fingerprint density at radius 3 is 2.57 bits per heavy atom. The van der Waals surface area contributed by atoms with Gasteiger partial charge in [-0.3, -0.25) is 4.79 Å². The minimum Gasteiger partial charge on any atom is -0.496 e. The maximum Gasteiger partial charge on any atom is 0.185 e. The van der Waals surface area contributed by atoms with Crippen molar-refractivity contribution in [3.05, 3.63) is 99.8 Å². The summed E-state index contributed by atoms with van der Waals surface area (Å²) in [6, 6.07) is 18.7. The Kier molecular flexibility index (Phi) is 6.61. The van der Waals surface area contributed by atoms with E-state index in [0.29, 0.717) is 17.1 Å². The molecule has 28 heavy (non-hydrogen) atoms. The van der Waals surface area contributed by atoms with Gasteiger partial charge in [0, 0.05) is 15.6 Å². The Morgan fingerprint density at radius 1 is 1.07 bits per heavy atom. The van der Waals surface area contributed by atoms with E-state index in [0.717, 1.165) is 15.6 Å². The van der Waals surface area contributed by atoms with Gasteiger partial charge in [-0.05, 0) is 60.2 Å². The average molecular weight is 441 g/mol. The maximum atomic E-state index is 13.0. The summed E-state index contributed by atoms with van der Waals surface area (Å²) in [6.07, 6.45) is 3.29. The number of allylic oxidation sites excluding steroid dienone is 1. The minimum absolute atomic E-state index is 0.0822. The molecule has 0 aliphatic rings. The first-order valence-electron chi connectivity index (χ1n) is 8.58. The van der Waals surface area contributed by atoms with Crippen LogP contribution >= 0.6 is 15.9 Å². The monoisotopic (exact) mass is 440 g/mol. The van der Waals surface area contributed by atoms with Gasteiger partial charge >= 0.3 is 0 Å². The summed E-state index contributed by atoms with van der Waals surface area (Å²) in [7, 11) is 1.59. The molecule has 0 N–H and O–H groups in total. The smallest absolute Gasteiger partial charge is 0.185 e. The molecule has 0 spiro atoms. The van der Waals surface area contributed by atoms with E-state index in [2.05, 4.69) is 15.9 Å². The van der Waals surface area contributed by atoms with Gasteiger partial charge in [-0.15, -0.1) is 0 Å². The number of hydrogen-bond donors (Lipinski definition) is 0. The van der Waals surface area contributed by atoms with Gasteiger partial charge in [0.1, 0.15) is 23.9 Å². The van der Waals surface area contributed by atoms with Gasteiger partial charge in [0.15, 0.2) is 5.78 Å². The van der Waals surface area contributed by atoms with E-state index in [-0.39, 0.29) is 18.2 Å². The van der Waals surface area contributed by atoms with E-state index >= 15 is 0 Å². The minimum atomic E-state index is -0.313. The third-order valence-corrected chi connectivity index (χ3v) is 4.54. The number of ether oxygens (including phenoxy) is 2. The fourth-order valence-electron chi connectivity index (χ4n) is 2.62. The number of carbonyl (C=O) groups is 1. The van der Waals surface area contributed by atoms with Crippen molar-refractivity contribution >= 4 is 27.8 Å². The summed E-state index contributed by atoms with van der Waals surface area (Å²) in [4.78, 5) is 12.3. The summed E-state index contributed by atoms with van der Waals surface area (Å²) in [6.45, 7) is 0.260. The number of hydrogen-bond acceptors (Lipinski definition) is 3. The van der Waals surface area contributed by atoms with Crippen molar-refractivity contribution < 1.29 is 18.7 Å². The normalized spacial score (nSPS) is 10.8. The Bertz CT molecular complexity index is 997. The molecule has 3 rings (SSSR count). The van der Waals surface area contributed by atoms with Crippen LogP contribution in [0.5, 0.6) is 11.5 Å². The number of halogens is 2. The number of methoxy groups -OCH3 is 1. The average Bonchev–Trinajstić information content (AvgIpc) is 2.71. The SMILES string of the molecule is COc1ccc(/C=C/C(=O)c2cccc(Br)c2)cc1COc1ccc(F)cc1. The largest absolute Gasteiger partial charge is 0.496 e. The maximum absolute atomic E-state index is 13.0. The molecule has 0 atom stereocenters. The second-order valence-electron chi connectivity index (χ2n) is 6.02. The highest BCUT2D eigenvalue weighted by Gasteiger charge is 2.06. The highest BCUT2D eigenvalue weighted by molar-refractivity contribution is 9.10. The fourth-order valence-corrected chi connectivity index (χ4v) is 3.02. The fraction of sp³-hybridized carbons (Fsp3) is 0.0870. The molecule has 0 bridgehead atoms. The molecule has 0 aliphatic heterocycles. The molecule has 5 heteroatoms. The molecule has 0 aromatic heterocycles. The third kappa shape index (κ3) is 5.30. The van der Waals surface area contributed by atoms with Crippen LogP contribution in [0.3, 0.4) is 0 Å². The van der Waals surface area contributed by atoms with Gasteiger partial charge < -0.3 is 9.47 Å². The lowest BCUT2D eigenvalue weighted by molar-refractivity contribution is 0.104. The first kappa shape index (κ1) is 19.8. The zero-order chi connectivity index (χ0) is 19.9. The number of ketones is 1. The van der Waals surface area contributed by atoms with E-state index in [9.17, 15) is 9.18 Å². The molecule has 0 saturated heterocycles. The van der Waals surface area contributed by atoms with Crippen molar-refractivity contribution in [2.45, 2.75) is 6.61 Å². The molecule has 0 radical (unpaired) electrons. The van der Waals surface area contributed by atoms with Crippen molar-refractivity contribution in [3.63, 3.8) is 0 Å². The lowest BCUT2D eigenvalue weighted by Gasteiger charge is -2.11. The number of rotatable bonds is 7. The van der Waals surface area contributed by atoms with Gasteiger partial charge in [0.05, 0.1) is 7.11 Å². The van der Waals surface area contributed by atoms with Crippen molar-refractivity contribution in [1.82, 2.24) is 0 Å². The topological polar surface area (TPSA) is 35.5 Å². The van der Waals surface area contributed by atoms with Crippen LogP contribution in [0.4, 0.5) is 4.39 Å². The molecule has 0 fully saturated rings. The standard InChI is InChI=1S/C23H18BrFO3/c1-27-23-12-6-16(5-11-22(26)17-3-2-4-19(24)14-17)13-18(23)15-28-21-9-7-20(25)8-10-21/h2-14H,15H2,1H3/b11-5+. The Morgan fingerprint density at radius 2 is 1.86 bits per heavy atom. The highest BCUT2D eigenvalue weighted by atomic mass is 79.9. The molecule has 0 saturated carbocycles. The molecule has 3 aromatic rings. The van der Waals surface area contributed by atoms with Crippen LogP contribution in [-0.2, 0) is 6.61 Å². The van der Waals surface area contributed by atoms with Crippen LogP contribution in [0.1, 0.15) is 21.5 Å². The summed E-state index contributed by atoms with van der Waals surface area (Å²) in [5.74, 6) is 0.847. The van der Waals surface area contributed by atoms with Crippen molar-refractivity contribution in [2.75, 3.05) is 7.11 Å². The summed E-state index contributed by atoms with van der Waals surface area (Å²) in [5.41, 5.74) is 2.28. The van der Waals surface area contributed by atoms with Crippen LogP contribution in [0.25, 0.3) is 6.08 Å². The molecular weight excluding hydrogens is 423 g/mol. The van der Waals surface area contributed by atoms with Gasteiger partial charge in [-0.2, -0.15) is 0 Å². The van der Waals surface area contributed by atoms with Crippen molar-refractivity contribution in [2.24, 2.45) is 0 Å². The number of carbonyl (C=O) groups excluding carboxylic acids is 1. The molecule has 142 valence electrons. The molecule has 0 heterocycles. The highest BCUT2D eigenvalue weighted by Crippen LogP contribution is 2.23. The lowest BCUT2D eigenvalue weighted by atomic mass is 10.1. The van der Waals surface area contributed by atoms with E-state index < -0.39 is 0 Å². The van der Waals surface area contributed by atoms with Crippen LogP contribution < -0.4 is 9.47 Å². The molecule has 3 nitrogen and oxygen atoms in total. The molecule has 0 amide bonds. The van der Waals surface area contributed by atoms with Crippen molar-refractivity contribution in [1.29, 1.82) is 0 Å². The first-order valence-corrected chi connectivity index (χ1v) is 9.38. The van der Waals surface area contributed by atoms with Gasteiger partial charge in [-0.25, -0.2) is 4.39 Å². The van der Waals surface area contributed by atoms with Crippen LogP contribution in [0, 0.1) is 5.82 Å². The molecule has 0 aliphatic carbocycles. The zero-order valence-corrected chi connectivity index (χ0v) is 16.8. The van der Waals surface area contributed by atoms with Gasteiger partial charge in [0.2, 0.25) is 0 Å². The second kappa shape index (κ2) is 9.33. The van der Waals surface area contributed by atoms with Crippen LogP contribution in [0.2, 0.25) is 0 Å². The Balaban J connectivity index is 1.74. The predicted octanol–water partition coefficient (Wildman–Crippen LogP) is 6.07. The third-order valence-electron chi connectivity index (χ3n) is 4.05. The summed E-state index contributed by atoms with van der Waals surface area (Å²) >= 11 is 3.37. The van der Waals surface area contributed by atoms with Crippen LogP contribution in [0.15, 0.2) is 77.3 Å². The van der Waals surface area contributed by atoms with Gasteiger partial charge in [0.25, 0.3) is 0 Å². The number of benzene rings is 3. The van der Waals surface area contributed by atoms with Crippen LogP contribution in [-0.4, -0.2) is 12.9 Å². The lowest BCUT2D eigenvalue weighted by Crippen LogP contribution is -1.99. The first-order chi connectivity index (χ1) is 13.5. The van der Waals surface area contributed by atoms with E-state index in [1.54, 1.807) is 37.5 Å².